The molecular weight excluding hydrogens is 348 g/mol. The zero-order chi connectivity index (χ0) is 18.1. The SMILES string of the molecule is CC(C)n1ncc2cc(NC(=O)NCc3nc4ccccc4s3)cnc21. The van der Waals surface area contributed by atoms with E-state index in [1.807, 2.05) is 35.0 Å². The van der Waals surface area contributed by atoms with E-state index in [0.717, 1.165) is 26.3 Å². The highest BCUT2D eigenvalue weighted by Crippen LogP contribution is 2.21. The average molecular weight is 366 g/mol. The molecule has 3 heterocycles. The Kier molecular flexibility index (Phi) is 4.26. The Bertz CT molecular complexity index is 1050. The summed E-state index contributed by atoms with van der Waals surface area (Å²) in [5.41, 5.74) is 2.38. The zero-order valence-electron chi connectivity index (χ0n) is 14.4. The van der Waals surface area contributed by atoms with Gasteiger partial charge in [0.2, 0.25) is 0 Å². The quantitative estimate of drug-likeness (QED) is 0.573. The highest BCUT2D eigenvalue weighted by atomic mass is 32.1. The molecular formula is C18H18N6OS. The maximum absolute atomic E-state index is 12.2. The standard InChI is InChI=1S/C18H18N6OS/c1-11(2)24-17-12(8-21-24)7-13(9-19-17)22-18(25)20-10-16-23-14-5-3-4-6-15(14)26-16/h3-9,11H,10H2,1-2H3,(H2,20,22,25). The van der Waals surface area contributed by atoms with E-state index >= 15 is 0 Å². The third-order valence-electron chi connectivity index (χ3n) is 3.92. The lowest BCUT2D eigenvalue weighted by Gasteiger charge is -2.08. The van der Waals surface area contributed by atoms with Gasteiger partial charge < -0.3 is 10.6 Å². The molecule has 8 heteroatoms. The van der Waals surface area contributed by atoms with Crippen molar-refractivity contribution in [3.05, 3.63) is 47.7 Å². The lowest BCUT2D eigenvalue weighted by Crippen LogP contribution is -2.28. The first kappa shape index (κ1) is 16.5. The number of carbonyl (C=O) groups is 1. The van der Waals surface area contributed by atoms with Crippen molar-refractivity contribution in [1.29, 1.82) is 0 Å². The molecule has 0 fully saturated rings. The molecule has 2 amide bonds. The summed E-state index contributed by atoms with van der Waals surface area (Å²) >= 11 is 1.58. The first-order valence-electron chi connectivity index (χ1n) is 8.33. The molecule has 132 valence electrons. The number of hydrogen-bond acceptors (Lipinski definition) is 5. The summed E-state index contributed by atoms with van der Waals surface area (Å²) in [4.78, 5) is 21.1. The van der Waals surface area contributed by atoms with Crippen LogP contribution in [0.4, 0.5) is 10.5 Å². The van der Waals surface area contributed by atoms with E-state index in [0.29, 0.717) is 12.2 Å². The molecule has 0 spiro atoms. The van der Waals surface area contributed by atoms with Crippen molar-refractivity contribution in [3.63, 3.8) is 0 Å². The van der Waals surface area contributed by atoms with Crippen LogP contribution in [0.1, 0.15) is 24.9 Å². The van der Waals surface area contributed by atoms with Crippen LogP contribution in [0.25, 0.3) is 21.3 Å². The van der Waals surface area contributed by atoms with Gasteiger partial charge in [-0.3, -0.25) is 0 Å². The molecule has 0 unspecified atom stereocenters. The molecule has 0 atom stereocenters. The molecule has 26 heavy (non-hydrogen) atoms. The number of urea groups is 1. The predicted octanol–water partition coefficient (Wildman–Crippen LogP) is 3.94. The Morgan fingerprint density at radius 1 is 1.27 bits per heavy atom. The van der Waals surface area contributed by atoms with Crippen LogP contribution in [-0.4, -0.2) is 25.8 Å². The van der Waals surface area contributed by atoms with E-state index in [9.17, 15) is 4.79 Å². The van der Waals surface area contributed by atoms with Crippen LogP contribution in [-0.2, 0) is 6.54 Å². The molecule has 1 aromatic carbocycles. The van der Waals surface area contributed by atoms with Crippen molar-refractivity contribution in [3.8, 4) is 0 Å². The molecule has 0 bridgehead atoms. The predicted molar refractivity (Wildman–Crippen MR) is 103 cm³/mol. The number of para-hydroxylation sites is 1. The monoisotopic (exact) mass is 366 g/mol. The van der Waals surface area contributed by atoms with Gasteiger partial charge in [0.15, 0.2) is 5.65 Å². The van der Waals surface area contributed by atoms with Crippen LogP contribution in [0.3, 0.4) is 0 Å². The van der Waals surface area contributed by atoms with Gasteiger partial charge >= 0.3 is 6.03 Å². The van der Waals surface area contributed by atoms with Crippen LogP contribution in [0, 0.1) is 0 Å². The van der Waals surface area contributed by atoms with Gasteiger partial charge in [-0.05, 0) is 32.0 Å². The molecule has 3 aromatic heterocycles. The number of thiazole rings is 1. The summed E-state index contributed by atoms with van der Waals surface area (Å²) in [7, 11) is 0. The van der Waals surface area contributed by atoms with E-state index in [4.69, 9.17) is 0 Å². The maximum Gasteiger partial charge on any atom is 0.319 e. The summed E-state index contributed by atoms with van der Waals surface area (Å²) in [6.45, 7) is 4.48. The number of nitrogens with zero attached hydrogens (tertiary/aromatic N) is 4. The molecule has 7 nitrogen and oxygen atoms in total. The lowest BCUT2D eigenvalue weighted by molar-refractivity contribution is 0.251. The van der Waals surface area contributed by atoms with Crippen molar-refractivity contribution in [2.45, 2.75) is 26.4 Å². The fraction of sp³-hybridized carbons (Fsp3) is 0.222. The van der Waals surface area contributed by atoms with Crippen LogP contribution < -0.4 is 10.6 Å². The first-order valence-corrected chi connectivity index (χ1v) is 9.14. The number of fused-ring (bicyclic) bond motifs is 2. The molecule has 2 N–H and O–H groups in total. The lowest BCUT2D eigenvalue weighted by atomic mass is 10.3. The summed E-state index contributed by atoms with van der Waals surface area (Å²) in [5, 5.41) is 11.7. The largest absolute Gasteiger partial charge is 0.331 e. The highest BCUT2D eigenvalue weighted by Gasteiger charge is 2.10. The topological polar surface area (TPSA) is 84.7 Å². The molecule has 0 aliphatic heterocycles. The van der Waals surface area contributed by atoms with E-state index in [-0.39, 0.29) is 12.1 Å². The van der Waals surface area contributed by atoms with Gasteiger partial charge in [0.25, 0.3) is 0 Å². The fourth-order valence-electron chi connectivity index (χ4n) is 2.71. The van der Waals surface area contributed by atoms with Gasteiger partial charge in [0, 0.05) is 11.4 Å². The molecule has 0 aliphatic carbocycles. The molecule has 4 aromatic rings. The number of rotatable bonds is 4. The number of carbonyl (C=O) groups excluding carboxylic acids is 1. The number of pyridine rings is 1. The minimum Gasteiger partial charge on any atom is -0.331 e. The number of aromatic nitrogens is 4. The van der Waals surface area contributed by atoms with Crippen molar-refractivity contribution < 1.29 is 4.79 Å². The van der Waals surface area contributed by atoms with Crippen molar-refractivity contribution in [1.82, 2.24) is 25.1 Å². The number of amides is 2. The Morgan fingerprint density at radius 3 is 2.92 bits per heavy atom. The summed E-state index contributed by atoms with van der Waals surface area (Å²) in [5.74, 6) is 0. The normalized spacial score (nSPS) is 11.3. The number of nitrogens with one attached hydrogen (secondary N) is 2. The van der Waals surface area contributed by atoms with Crippen LogP contribution >= 0.6 is 11.3 Å². The van der Waals surface area contributed by atoms with E-state index in [2.05, 4.69) is 39.5 Å². The molecule has 0 saturated carbocycles. The van der Waals surface area contributed by atoms with Crippen LogP contribution in [0.15, 0.2) is 42.7 Å². The van der Waals surface area contributed by atoms with Gasteiger partial charge in [-0.2, -0.15) is 5.10 Å². The summed E-state index contributed by atoms with van der Waals surface area (Å²) < 4.78 is 2.97. The van der Waals surface area contributed by atoms with Gasteiger partial charge in [-0.1, -0.05) is 12.1 Å². The molecule has 0 radical (unpaired) electrons. The van der Waals surface area contributed by atoms with Crippen LogP contribution in [0.2, 0.25) is 0 Å². The second-order valence-electron chi connectivity index (χ2n) is 6.20. The summed E-state index contributed by atoms with van der Waals surface area (Å²) in [6, 6.07) is 9.73. The van der Waals surface area contributed by atoms with Crippen molar-refractivity contribution in [2.24, 2.45) is 0 Å². The highest BCUT2D eigenvalue weighted by molar-refractivity contribution is 7.18. The van der Waals surface area contributed by atoms with Gasteiger partial charge in [0.05, 0.1) is 34.8 Å². The van der Waals surface area contributed by atoms with Crippen LogP contribution in [0.5, 0.6) is 0 Å². The first-order chi connectivity index (χ1) is 12.6. The Labute approximate surface area is 154 Å². The average Bonchev–Trinajstić information content (AvgIpc) is 3.23. The Hall–Kier alpha value is -3.00. The third-order valence-corrected chi connectivity index (χ3v) is 4.96. The van der Waals surface area contributed by atoms with Gasteiger partial charge in [-0.15, -0.1) is 11.3 Å². The Balaban J connectivity index is 1.42. The second-order valence-corrected chi connectivity index (χ2v) is 7.32. The molecule has 0 saturated heterocycles. The second kappa shape index (κ2) is 6.72. The smallest absolute Gasteiger partial charge is 0.319 e. The zero-order valence-corrected chi connectivity index (χ0v) is 15.2. The van der Waals surface area contributed by atoms with Crippen molar-refractivity contribution in [2.75, 3.05) is 5.32 Å². The summed E-state index contributed by atoms with van der Waals surface area (Å²) in [6.07, 6.45) is 3.40. The number of anilines is 1. The van der Waals surface area contributed by atoms with Crippen molar-refractivity contribution >= 4 is 44.3 Å². The van der Waals surface area contributed by atoms with E-state index in [1.165, 1.54) is 0 Å². The maximum atomic E-state index is 12.2. The van der Waals surface area contributed by atoms with Gasteiger partial charge in [0.1, 0.15) is 5.01 Å². The molecule has 0 aliphatic rings. The minimum atomic E-state index is -0.290. The van der Waals surface area contributed by atoms with E-state index in [1.54, 1.807) is 23.7 Å². The number of hydrogen-bond donors (Lipinski definition) is 2. The Morgan fingerprint density at radius 2 is 2.12 bits per heavy atom. The van der Waals surface area contributed by atoms with Gasteiger partial charge in [-0.25, -0.2) is 19.4 Å². The fourth-order valence-corrected chi connectivity index (χ4v) is 3.62. The minimum absolute atomic E-state index is 0.232. The third kappa shape index (κ3) is 3.23. The number of benzene rings is 1. The van der Waals surface area contributed by atoms with E-state index < -0.39 is 0 Å². The molecule has 4 rings (SSSR count).